The van der Waals surface area contributed by atoms with Crippen LogP contribution in [0.1, 0.15) is 33.0 Å². The van der Waals surface area contributed by atoms with E-state index in [1.807, 2.05) is 30.3 Å². The molecule has 5 heteroatoms. The molecule has 0 bridgehead atoms. The van der Waals surface area contributed by atoms with Crippen LogP contribution in [0.5, 0.6) is 23.0 Å². The second kappa shape index (κ2) is 7.22. The van der Waals surface area contributed by atoms with Gasteiger partial charge in [-0.05, 0) is 34.9 Å². The van der Waals surface area contributed by atoms with Crippen molar-refractivity contribution in [2.75, 3.05) is 0 Å². The molecule has 31 heavy (non-hydrogen) atoms. The number of phenols is 2. The lowest BCUT2D eigenvalue weighted by Crippen LogP contribution is -2.16. The predicted molar refractivity (Wildman–Crippen MR) is 116 cm³/mol. The Bertz CT molecular complexity index is 1310. The number of fused-ring (bicyclic) bond motifs is 2. The third-order valence-corrected chi connectivity index (χ3v) is 5.53. The fraction of sp³-hybridized carbons (Fsp3) is 0.0385. The van der Waals surface area contributed by atoms with Gasteiger partial charge in [0, 0.05) is 29.2 Å². The van der Waals surface area contributed by atoms with Gasteiger partial charge in [0.1, 0.15) is 23.0 Å². The lowest BCUT2D eigenvalue weighted by atomic mass is 9.77. The molecule has 1 aliphatic heterocycles. The SMILES string of the molecule is O=C(O)c1ccccc1C1c2ccc(O)cc2Oc2cc(O)cc(-c3ccccc3)c21. The average molecular weight is 410 g/mol. The highest BCUT2D eigenvalue weighted by Gasteiger charge is 2.34. The molecular formula is C26H18O5. The Balaban J connectivity index is 1.87. The van der Waals surface area contributed by atoms with Crippen molar-refractivity contribution in [2.24, 2.45) is 0 Å². The summed E-state index contributed by atoms with van der Waals surface area (Å²) in [5, 5.41) is 30.3. The van der Waals surface area contributed by atoms with Gasteiger partial charge in [-0.3, -0.25) is 0 Å². The molecular weight excluding hydrogens is 392 g/mol. The maximum absolute atomic E-state index is 12.0. The highest BCUT2D eigenvalue weighted by Crippen LogP contribution is 2.53. The van der Waals surface area contributed by atoms with Crippen LogP contribution in [-0.4, -0.2) is 21.3 Å². The van der Waals surface area contributed by atoms with E-state index in [1.54, 1.807) is 42.5 Å². The number of phenolic OH excluding ortho intramolecular Hbond substituents is 2. The fourth-order valence-electron chi connectivity index (χ4n) is 4.24. The van der Waals surface area contributed by atoms with Gasteiger partial charge in [0.05, 0.1) is 5.56 Å². The monoisotopic (exact) mass is 410 g/mol. The lowest BCUT2D eigenvalue weighted by Gasteiger charge is -2.31. The van der Waals surface area contributed by atoms with Gasteiger partial charge in [-0.25, -0.2) is 4.79 Å². The van der Waals surface area contributed by atoms with Crippen LogP contribution >= 0.6 is 0 Å². The van der Waals surface area contributed by atoms with Crippen molar-refractivity contribution >= 4 is 5.97 Å². The number of carboxylic acids is 1. The maximum Gasteiger partial charge on any atom is 0.335 e. The first kappa shape index (κ1) is 18.8. The summed E-state index contributed by atoms with van der Waals surface area (Å²) in [6.45, 7) is 0. The Morgan fingerprint density at radius 3 is 2.23 bits per heavy atom. The lowest BCUT2D eigenvalue weighted by molar-refractivity contribution is 0.0695. The van der Waals surface area contributed by atoms with Gasteiger partial charge in [0.15, 0.2) is 0 Å². The topological polar surface area (TPSA) is 87.0 Å². The first-order valence-electron chi connectivity index (χ1n) is 9.78. The largest absolute Gasteiger partial charge is 0.508 e. The van der Waals surface area contributed by atoms with Gasteiger partial charge < -0.3 is 20.1 Å². The van der Waals surface area contributed by atoms with Crippen molar-refractivity contribution in [1.29, 1.82) is 0 Å². The number of rotatable bonds is 3. The molecule has 3 N–H and O–H groups in total. The molecule has 0 radical (unpaired) electrons. The number of aromatic carboxylic acids is 1. The molecule has 4 aromatic carbocycles. The van der Waals surface area contributed by atoms with Gasteiger partial charge in [-0.1, -0.05) is 54.6 Å². The standard InChI is InChI=1S/C26H18O5/c27-16-10-11-20-22(13-16)31-23-14-17(28)12-21(15-6-2-1-3-7-15)25(23)24(20)18-8-4-5-9-19(18)26(29)30/h1-14,24,27-28H,(H,29,30). The van der Waals surface area contributed by atoms with Crippen LogP contribution in [0.4, 0.5) is 0 Å². The molecule has 1 atom stereocenters. The third-order valence-electron chi connectivity index (χ3n) is 5.53. The van der Waals surface area contributed by atoms with Crippen molar-refractivity contribution in [3.05, 3.63) is 107 Å². The van der Waals surface area contributed by atoms with Gasteiger partial charge in [0.2, 0.25) is 0 Å². The molecule has 1 aliphatic rings. The van der Waals surface area contributed by atoms with Crippen LogP contribution in [0.25, 0.3) is 11.1 Å². The van der Waals surface area contributed by atoms with Gasteiger partial charge in [-0.15, -0.1) is 0 Å². The quantitative estimate of drug-likeness (QED) is 0.353. The second-order valence-electron chi connectivity index (χ2n) is 7.42. The molecule has 0 aromatic heterocycles. The van der Waals surface area contributed by atoms with Gasteiger partial charge in [-0.2, -0.15) is 0 Å². The minimum atomic E-state index is -1.02. The van der Waals surface area contributed by atoms with Crippen LogP contribution in [-0.2, 0) is 0 Å². The summed E-state index contributed by atoms with van der Waals surface area (Å²) in [5.41, 5.74) is 3.91. The highest BCUT2D eigenvalue weighted by atomic mass is 16.5. The van der Waals surface area contributed by atoms with E-state index < -0.39 is 11.9 Å². The molecule has 5 rings (SSSR count). The number of carbonyl (C=O) groups is 1. The molecule has 0 spiro atoms. The van der Waals surface area contributed by atoms with E-state index in [4.69, 9.17) is 4.74 Å². The summed E-state index contributed by atoms with van der Waals surface area (Å²) in [6, 6.07) is 24.4. The Hall–Kier alpha value is -4.25. The zero-order chi connectivity index (χ0) is 21.5. The fourth-order valence-corrected chi connectivity index (χ4v) is 4.24. The summed E-state index contributed by atoms with van der Waals surface area (Å²) in [6.07, 6.45) is 0. The van der Waals surface area contributed by atoms with Crippen molar-refractivity contribution < 1.29 is 24.9 Å². The number of benzene rings is 4. The molecule has 1 heterocycles. The Morgan fingerprint density at radius 1 is 0.742 bits per heavy atom. The van der Waals surface area contributed by atoms with Crippen molar-refractivity contribution in [2.45, 2.75) is 5.92 Å². The Kier molecular flexibility index (Phi) is 4.37. The van der Waals surface area contributed by atoms with Gasteiger partial charge >= 0.3 is 5.97 Å². The van der Waals surface area contributed by atoms with Crippen molar-refractivity contribution in [3.63, 3.8) is 0 Å². The molecule has 1 unspecified atom stereocenters. The van der Waals surface area contributed by atoms with E-state index in [1.165, 1.54) is 12.1 Å². The van der Waals surface area contributed by atoms with E-state index in [0.717, 1.165) is 22.3 Å². The summed E-state index contributed by atoms with van der Waals surface area (Å²) in [7, 11) is 0. The highest BCUT2D eigenvalue weighted by molar-refractivity contribution is 5.91. The van der Waals surface area contributed by atoms with Crippen LogP contribution in [0.2, 0.25) is 0 Å². The van der Waals surface area contributed by atoms with E-state index >= 15 is 0 Å². The van der Waals surface area contributed by atoms with Crippen molar-refractivity contribution in [1.82, 2.24) is 0 Å². The molecule has 0 saturated heterocycles. The van der Waals surface area contributed by atoms with E-state index in [-0.39, 0.29) is 17.1 Å². The number of hydrogen-bond donors (Lipinski definition) is 3. The third kappa shape index (κ3) is 3.16. The van der Waals surface area contributed by atoms with Crippen LogP contribution in [0.15, 0.2) is 84.9 Å². The molecule has 152 valence electrons. The van der Waals surface area contributed by atoms with Crippen LogP contribution < -0.4 is 4.74 Å². The van der Waals surface area contributed by atoms with Gasteiger partial charge in [0.25, 0.3) is 0 Å². The molecule has 5 nitrogen and oxygen atoms in total. The summed E-state index contributed by atoms with van der Waals surface area (Å²) in [5.74, 6) is -0.585. The summed E-state index contributed by atoms with van der Waals surface area (Å²) >= 11 is 0. The summed E-state index contributed by atoms with van der Waals surface area (Å²) in [4.78, 5) is 12.0. The first-order valence-corrected chi connectivity index (χ1v) is 9.78. The zero-order valence-electron chi connectivity index (χ0n) is 16.3. The predicted octanol–water partition coefficient (Wildman–Crippen LogP) is 5.75. The van der Waals surface area contributed by atoms with E-state index in [9.17, 15) is 20.1 Å². The van der Waals surface area contributed by atoms with E-state index in [0.29, 0.717) is 17.1 Å². The van der Waals surface area contributed by atoms with E-state index in [2.05, 4.69) is 0 Å². The average Bonchev–Trinajstić information content (AvgIpc) is 2.77. The normalized spacial score (nSPS) is 14.3. The number of ether oxygens (including phenoxy) is 1. The molecule has 0 aliphatic carbocycles. The number of carboxylic acid groups (broad SMARTS) is 1. The van der Waals surface area contributed by atoms with Crippen molar-refractivity contribution in [3.8, 4) is 34.1 Å². The molecule has 0 fully saturated rings. The second-order valence-corrected chi connectivity index (χ2v) is 7.42. The van der Waals surface area contributed by atoms with Crippen LogP contribution in [0.3, 0.4) is 0 Å². The maximum atomic E-state index is 12.0. The number of aromatic hydroxyl groups is 2. The minimum Gasteiger partial charge on any atom is -0.508 e. The first-order chi connectivity index (χ1) is 15.0. The molecule has 4 aromatic rings. The molecule has 0 amide bonds. The Labute approximate surface area is 178 Å². The smallest absolute Gasteiger partial charge is 0.335 e. The minimum absolute atomic E-state index is 0.0338. The zero-order valence-corrected chi connectivity index (χ0v) is 16.3. The Morgan fingerprint density at radius 2 is 1.45 bits per heavy atom. The number of hydrogen-bond acceptors (Lipinski definition) is 4. The van der Waals surface area contributed by atoms with Crippen LogP contribution in [0, 0.1) is 0 Å². The molecule has 0 saturated carbocycles. The summed E-state index contributed by atoms with van der Waals surface area (Å²) < 4.78 is 6.09.